The van der Waals surface area contributed by atoms with E-state index in [0.717, 1.165) is 12.1 Å². The summed E-state index contributed by atoms with van der Waals surface area (Å²) in [5.74, 6) is 0.00965. The Morgan fingerprint density at radius 2 is 2.37 bits per heavy atom. The molecular formula is C14H19ClN2O2. The van der Waals surface area contributed by atoms with Gasteiger partial charge in [-0.1, -0.05) is 29.8 Å². The van der Waals surface area contributed by atoms with Gasteiger partial charge in [0.1, 0.15) is 0 Å². The van der Waals surface area contributed by atoms with Crippen LogP contribution in [-0.4, -0.2) is 31.7 Å². The second-order valence-electron chi connectivity index (χ2n) is 4.74. The van der Waals surface area contributed by atoms with Crippen LogP contribution in [0.25, 0.3) is 0 Å². The Hall–Kier alpha value is -1.10. The Morgan fingerprint density at radius 3 is 3.05 bits per heavy atom. The van der Waals surface area contributed by atoms with Crippen LogP contribution < -0.4 is 10.6 Å². The summed E-state index contributed by atoms with van der Waals surface area (Å²) >= 11 is 6.11. The van der Waals surface area contributed by atoms with Gasteiger partial charge in [0.15, 0.2) is 0 Å². The summed E-state index contributed by atoms with van der Waals surface area (Å²) in [6.45, 7) is 4.05. The third-order valence-electron chi connectivity index (χ3n) is 3.18. The van der Waals surface area contributed by atoms with E-state index < -0.39 is 0 Å². The lowest BCUT2D eigenvalue weighted by Gasteiger charge is -2.24. The van der Waals surface area contributed by atoms with Crippen LogP contribution in [0.15, 0.2) is 24.3 Å². The molecule has 1 aromatic rings. The molecule has 1 heterocycles. The SMILES string of the molecule is C[C@H](NC(=O)CC1COCCN1)c1ccccc1Cl. The number of carbonyl (C=O) groups excluding carboxylic acids is 1. The number of ether oxygens (including phenoxy) is 1. The Bertz CT molecular complexity index is 433. The predicted octanol–water partition coefficient (Wildman–Crippen LogP) is 1.90. The number of hydrogen-bond acceptors (Lipinski definition) is 3. The average molecular weight is 283 g/mol. The number of carbonyl (C=O) groups is 1. The van der Waals surface area contributed by atoms with Gasteiger partial charge in [0.05, 0.1) is 19.3 Å². The van der Waals surface area contributed by atoms with Gasteiger partial charge in [-0.05, 0) is 18.6 Å². The minimum Gasteiger partial charge on any atom is -0.378 e. The van der Waals surface area contributed by atoms with Gasteiger partial charge in [-0.25, -0.2) is 0 Å². The molecule has 19 heavy (non-hydrogen) atoms. The number of halogens is 1. The molecule has 1 unspecified atom stereocenters. The fourth-order valence-corrected chi connectivity index (χ4v) is 2.48. The summed E-state index contributed by atoms with van der Waals surface area (Å²) in [5, 5.41) is 6.90. The summed E-state index contributed by atoms with van der Waals surface area (Å²) in [5.41, 5.74) is 0.936. The molecule has 0 aromatic heterocycles. The molecule has 1 saturated heterocycles. The molecule has 0 aliphatic carbocycles. The van der Waals surface area contributed by atoms with Crippen LogP contribution >= 0.6 is 11.6 Å². The first-order chi connectivity index (χ1) is 9.16. The molecule has 0 spiro atoms. The number of nitrogens with one attached hydrogen (secondary N) is 2. The van der Waals surface area contributed by atoms with Crippen molar-refractivity contribution in [2.24, 2.45) is 0 Å². The molecule has 2 rings (SSSR count). The van der Waals surface area contributed by atoms with Crippen LogP contribution in [0, 0.1) is 0 Å². The Morgan fingerprint density at radius 1 is 1.58 bits per heavy atom. The first-order valence-corrected chi connectivity index (χ1v) is 6.89. The van der Waals surface area contributed by atoms with E-state index in [1.807, 2.05) is 31.2 Å². The quantitative estimate of drug-likeness (QED) is 0.887. The highest BCUT2D eigenvalue weighted by atomic mass is 35.5. The first-order valence-electron chi connectivity index (χ1n) is 6.51. The predicted molar refractivity (Wildman–Crippen MR) is 75.2 cm³/mol. The number of hydrogen-bond donors (Lipinski definition) is 2. The molecule has 4 nitrogen and oxygen atoms in total. The van der Waals surface area contributed by atoms with E-state index >= 15 is 0 Å². The fraction of sp³-hybridized carbons (Fsp3) is 0.500. The summed E-state index contributed by atoms with van der Waals surface area (Å²) in [6.07, 6.45) is 0.425. The van der Waals surface area contributed by atoms with Gasteiger partial charge in [-0.15, -0.1) is 0 Å². The highest BCUT2D eigenvalue weighted by Gasteiger charge is 2.18. The second-order valence-corrected chi connectivity index (χ2v) is 5.15. The lowest BCUT2D eigenvalue weighted by molar-refractivity contribution is -0.122. The van der Waals surface area contributed by atoms with Crippen LogP contribution in [0.2, 0.25) is 5.02 Å². The van der Waals surface area contributed by atoms with E-state index in [9.17, 15) is 4.79 Å². The number of rotatable bonds is 4. The molecule has 1 aromatic carbocycles. The topological polar surface area (TPSA) is 50.4 Å². The highest BCUT2D eigenvalue weighted by Crippen LogP contribution is 2.22. The molecule has 1 aliphatic rings. The molecule has 0 radical (unpaired) electrons. The van der Waals surface area contributed by atoms with E-state index in [1.165, 1.54) is 0 Å². The van der Waals surface area contributed by atoms with Crippen molar-refractivity contribution in [3.05, 3.63) is 34.9 Å². The number of benzene rings is 1. The van der Waals surface area contributed by atoms with Crippen LogP contribution in [0.4, 0.5) is 0 Å². The van der Waals surface area contributed by atoms with Crippen molar-refractivity contribution in [1.29, 1.82) is 0 Å². The molecule has 5 heteroatoms. The summed E-state index contributed by atoms with van der Waals surface area (Å²) in [4.78, 5) is 12.0. The lowest BCUT2D eigenvalue weighted by Crippen LogP contribution is -2.44. The van der Waals surface area contributed by atoms with E-state index in [-0.39, 0.29) is 18.0 Å². The molecule has 2 N–H and O–H groups in total. The van der Waals surface area contributed by atoms with Crippen molar-refractivity contribution in [3.8, 4) is 0 Å². The molecule has 1 amide bonds. The monoisotopic (exact) mass is 282 g/mol. The lowest BCUT2D eigenvalue weighted by atomic mass is 10.1. The number of amides is 1. The van der Waals surface area contributed by atoms with E-state index in [0.29, 0.717) is 24.7 Å². The van der Waals surface area contributed by atoms with Crippen molar-refractivity contribution >= 4 is 17.5 Å². The largest absolute Gasteiger partial charge is 0.378 e. The Kier molecular flexibility index (Phi) is 5.19. The van der Waals surface area contributed by atoms with Crippen LogP contribution in [-0.2, 0) is 9.53 Å². The smallest absolute Gasteiger partial charge is 0.222 e. The molecule has 104 valence electrons. The molecule has 0 saturated carbocycles. The van der Waals surface area contributed by atoms with Crippen molar-refractivity contribution in [2.75, 3.05) is 19.8 Å². The van der Waals surface area contributed by atoms with Crippen LogP contribution in [0.5, 0.6) is 0 Å². The van der Waals surface area contributed by atoms with Crippen LogP contribution in [0.3, 0.4) is 0 Å². The summed E-state index contributed by atoms with van der Waals surface area (Å²) in [7, 11) is 0. The maximum atomic E-state index is 12.0. The third kappa shape index (κ3) is 4.20. The Labute approximate surface area is 118 Å². The third-order valence-corrected chi connectivity index (χ3v) is 3.52. The van der Waals surface area contributed by atoms with Crippen LogP contribution in [0.1, 0.15) is 24.9 Å². The van der Waals surface area contributed by atoms with Gasteiger partial charge in [0.2, 0.25) is 5.91 Å². The van der Waals surface area contributed by atoms with Gasteiger partial charge in [-0.2, -0.15) is 0 Å². The number of morpholine rings is 1. The van der Waals surface area contributed by atoms with Crippen molar-refractivity contribution in [2.45, 2.75) is 25.4 Å². The van der Waals surface area contributed by atoms with E-state index in [2.05, 4.69) is 10.6 Å². The van der Waals surface area contributed by atoms with Crippen molar-refractivity contribution in [1.82, 2.24) is 10.6 Å². The Balaban J connectivity index is 1.86. The average Bonchev–Trinajstić information content (AvgIpc) is 2.40. The second kappa shape index (κ2) is 6.89. The zero-order valence-electron chi connectivity index (χ0n) is 11.0. The van der Waals surface area contributed by atoms with Crippen molar-refractivity contribution < 1.29 is 9.53 Å². The van der Waals surface area contributed by atoms with Gasteiger partial charge >= 0.3 is 0 Å². The van der Waals surface area contributed by atoms with Gasteiger partial charge in [-0.3, -0.25) is 4.79 Å². The maximum absolute atomic E-state index is 12.0. The molecule has 1 fully saturated rings. The zero-order valence-corrected chi connectivity index (χ0v) is 11.7. The van der Waals surface area contributed by atoms with E-state index in [1.54, 1.807) is 0 Å². The standard InChI is InChI=1S/C14H19ClN2O2/c1-10(12-4-2-3-5-13(12)15)17-14(18)8-11-9-19-7-6-16-11/h2-5,10-11,16H,6-9H2,1H3,(H,17,18)/t10-,11?/m0/s1. The maximum Gasteiger partial charge on any atom is 0.222 e. The molecule has 1 aliphatic heterocycles. The van der Waals surface area contributed by atoms with Gasteiger partial charge in [0.25, 0.3) is 0 Å². The molecule has 0 bridgehead atoms. The minimum atomic E-state index is -0.0919. The normalized spacial score (nSPS) is 20.8. The zero-order chi connectivity index (χ0) is 13.7. The van der Waals surface area contributed by atoms with Gasteiger partial charge < -0.3 is 15.4 Å². The molecule has 2 atom stereocenters. The highest BCUT2D eigenvalue weighted by molar-refractivity contribution is 6.31. The first kappa shape index (κ1) is 14.3. The summed E-state index contributed by atoms with van der Waals surface area (Å²) < 4.78 is 5.33. The van der Waals surface area contributed by atoms with Gasteiger partial charge in [0, 0.05) is 24.0 Å². The molecular weight excluding hydrogens is 264 g/mol. The van der Waals surface area contributed by atoms with Crippen molar-refractivity contribution in [3.63, 3.8) is 0 Å². The summed E-state index contributed by atoms with van der Waals surface area (Å²) in [6, 6.07) is 7.56. The van der Waals surface area contributed by atoms with E-state index in [4.69, 9.17) is 16.3 Å². The minimum absolute atomic E-state index is 0.00965. The fourth-order valence-electron chi connectivity index (χ4n) is 2.18.